The second-order valence-corrected chi connectivity index (χ2v) is 7.86. The maximum absolute atomic E-state index is 5.93. The maximum atomic E-state index is 5.93. The Hall–Kier alpha value is -2.70. The van der Waals surface area contributed by atoms with E-state index >= 15 is 0 Å². The van der Waals surface area contributed by atoms with Gasteiger partial charge in [0.15, 0.2) is 11.5 Å². The molecule has 0 saturated carbocycles. The van der Waals surface area contributed by atoms with Crippen LogP contribution in [0.1, 0.15) is 29.8 Å². The Balaban J connectivity index is 1.65. The molecule has 2 heterocycles. The summed E-state index contributed by atoms with van der Waals surface area (Å²) in [5, 5.41) is 4.90. The van der Waals surface area contributed by atoms with Crippen molar-refractivity contribution in [1.82, 2.24) is 15.2 Å². The lowest BCUT2D eigenvalue weighted by molar-refractivity contribution is 0.250. The molecule has 6 heteroatoms. The molecule has 0 bridgehead atoms. The van der Waals surface area contributed by atoms with Crippen LogP contribution in [0.25, 0.3) is 10.9 Å². The summed E-state index contributed by atoms with van der Waals surface area (Å²) in [7, 11) is 5.76. The Morgan fingerprint density at radius 1 is 1.07 bits per heavy atom. The fourth-order valence-electron chi connectivity index (χ4n) is 4.07. The average molecular weight is 410 g/mol. The number of nitrogens with zero attached hydrogens (tertiary/aromatic N) is 1. The topological polar surface area (TPSA) is 58.8 Å². The summed E-state index contributed by atoms with van der Waals surface area (Å²) in [5.74, 6) is 2.45. The summed E-state index contributed by atoms with van der Waals surface area (Å²) in [4.78, 5) is 5.74. The van der Waals surface area contributed by atoms with Gasteiger partial charge in [-0.1, -0.05) is 6.07 Å². The minimum Gasteiger partial charge on any atom is -0.494 e. The van der Waals surface area contributed by atoms with Gasteiger partial charge in [0.05, 0.1) is 19.8 Å². The summed E-state index contributed by atoms with van der Waals surface area (Å²) < 4.78 is 17.3. The second kappa shape index (κ2) is 8.98. The lowest BCUT2D eigenvalue weighted by Gasteiger charge is -2.25. The average Bonchev–Trinajstić information content (AvgIpc) is 3.12. The van der Waals surface area contributed by atoms with E-state index in [4.69, 9.17) is 14.2 Å². The zero-order valence-electron chi connectivity index (χ0n) is 18.2. The number of aromatic amines is 1. The van der Waals surface area contributed by atoms with Crippen molar-refractivity contribution in [3.8, 4) is 17.2 Å². The molecule has 0 saturated heterocycles. The molecule has 0 aliphatic carbocycles. The number of methoxy groups -OCH3 is 1. The Kier molecular flexibility index (Phi) is 6.16. The molecule has 0 fully saturated rings. The number of rotatable bonds is 8. The number of fused-ring (bicyclic) bond motifs is 3. The summed E-state index contributed by atoms with van der Waals surface area (Å²) >= 11 is 0. The number of ether oxygens (including phenoxy) is 3. The van der Waals surface area contributed by atoms with Crippen LogP contribution >= 0.6 is 0 Å². The third kappa shape index (κ3) is 4.11. The van der Waals surface area contributed by atoms with Crippen molar-refractivity contribution in [3.05, 3.63) is 53.2 Å². The van der Waals surface area contributed by atoms with Gasteiger partial charge in [-0.15, -0.1) is 0 Å². The minimum absolute atomic E-state index is 0.0846. The van der Waals surface area contributed by atoms with Gasteiger partial charge >= 0.3 is 0 Å². The number of hydrogen-bond acceptors (Lipinski definition) is 5. The van der Waals surface area contributed by atoms with E-state index in [9.17, 15) is 0 Å². The zero-order chi connectivity index (χ0) is 21.1. The van der Waals surface area contributed by atoms with Crippen LogP contribution in [0.5, 0.6) is 17.2 Å². The van der Waals surface area contributed by atoms with Gasteiger partial charge in [-0.05, 0) is 68.9 Å². The molecule has 0 spiro atoms. The molecule has 1 aliphatic rings. The number of H-pyrrole nitrogens is 1. The van der Waals surface area contributed by atoms with Crippen molar-refractivity contribution in [3.63, 3.8) is 0 Å². The number of aromatic nitrogens is 1. The molecule has 3 aromatic rings. The van der Waals surface area contributed by atoms with E-state index in [0.717, 1.165) is 47.8 Å². The SMILES string of the molecule is CCOc1ccc2[nH]c3c(c2c1)CCNC3c1ccc(OCCN(C)C)c(OC)c1. The van der Waals surface area contributed by atoms with Crippen molar-refractivity contribution >= 4 is 10.9 Å². The van der Waals surface area contributed by atoms with Crippen molar-refractivity contribution < 1.29 is 14.2 Å². The van der Waals surface area contributed by atoms with Gasteiger partial charge in [0.25, 0.3) is 0 Å². The lowest BCUT2D eigenvalue weighted by Crippen LogP contribution is -2.30. The van der Waals surface area contributed by atoms with E-state index in [0.29, 0.717) is 13.2 Å². The highest BCUT2D eigenvalue weighted by molar-refractivity contribution is 5.86. The molecule has 160 valence electrons. The first-order chi connectivity index (χ1) is 14.6. The van der Waals surface area contributed by atoms with Crippen molar-refractivity contribution in [2.45, 2.75) is 19.4 Å². The van der Waals surface area contributed by atoms with Gasteiger partial charge in [0, 0.05) is 29.7 Å². The van der Waals surface area contributed by atoms with E-state index in [1.807, 2.05) is 33.2 Å². The monoisotopic (exact) mass is 409 g/mol. The summed E-state index contributed by atoms with van der Waals surface area (Å²) in [6.45, 7) is 5.09. The minimum atomic E-state index is 0.0846. The van der Waals surface area contributed by atoms with Crippen molar-refractivity contribution in [2.24, 2.45) is 0 Å². The van der Waals surface area contributed by atoms with Gasteiger partial charge in [-0.3, -0.25) is 0 Å². The van der Waals surface area contributed by atoms with E-state index < -0.39 is 0 Å². The molecule has 0 radical (unpaired) electrons. The highest BCUT2D eigenvalue weighted by atomic mass is 16.5. The van der Waals surface area contributed by atoms with Gasteiger partial charge in [-0.2, -0.15) is 0 Å². The molecule has 1 aromatic heterocycles. The first-order valence-electron chi connectivity index (χ1n) is 10.6. The van der Waals surface area contributed by atoms with Crippen LogP contribution in [-0.4, -0.2) is 57.4 Å². The van der Waals surface area contributed by atoms with Gasteiger partial charge < -0.3 is 29.4 Å². The third-order valence-electron chi connectivity index (χ3n) is 5.55. The first-order valence-corrected chi connectivity index (χ1v) is 10.6. The maximum Gasteiger partial charge on any atom is 0.161 e. The predicted octanol–water partition coefficient (Wildman–Crippen LogP) is 3.75. The lowest BCUT2D eigenvalue weighted by atomic mass is 9.94. The fourth-order valence-corrected chi connectivity index (χ4v) is 4.07. The molecule has 2 N–H and O–H groups in total. The van der Waals surface area contributed by atoms with Gasteiger partial charge in [0.1, 0.15) is 12.4 Å². The number of likely N-dealkylation sites (N-methyl/N-ethyl adjacent to an activating group) is 1. The summed E-state index contributed by atoms with van der Waals surface area (Å²) in [6, 6.07) is 12.6. The molecule has 30 heavy (non-hydrogen) atoms. The van der Waals surface area contributed by atoms with Crippen LogP contribution in [0.3, 0.4) is 0 Å². The van der Waals surface area contributed by atoms with E-state index in [1.165, 1.54) is 16.6 Å². The molecule has 1 unspecified atom stereocenters. The third-order valence-corrected chi connectivity index (χ3v) is 5.55. The Morgan fingerprint density at radius 2 is 1.93 bits per heavy atom. The Morgan fingerprint density at radius 3 is 2.70 bits per heavy atom. The van der Waals surface area contributed by atoms with Gasteiger partial charge in [0.2, 0.25) is 0 Å². The van der Waals surface area contributed by atoms with Crippen LogP contribution in [0.2, 0.25) is 0 Å². The first kappa shape index (κ1) is 20.6. The van der Waals surface area contributed by atoms with Crippen molar-refractivity contribution in [2.75, 3.05) is 47.5 Å². The van der Waals surface area contributed by atoms with E-state index in [-0.39, 0.29) is 6.04 Å². The predicted molar refractivity (Wildman–Crippen MR) is 120 cm³/mol. The molecule has 4 rings (SSSR count). The fraction of sp³-hybridized carbons (Fsp3) is 0.417. The molecule has 1 aliphatic heterocycles. The summed E-state index contributed by atoms with van der Waals surface area (Å²) in [5.41, 5.74) is 4.88. The van der Waals surface area contributed by atoms with Crippen LogP contribution in [0, 0.1) is 0 Å². The molecule has 1 atom stereocenters. The van der Waals surface area contributed by atoms with E-state index in [1.54, 1.807) is 7.11 Å². The molecular formula is C24H31N3O3. The quantitative estimate of drug-likeness (QED) is 0.593. The van der Waals surface area contributed by atoms with Crippen LogP contribution in [-0.2, 0) is 6.42 Å². The Bertz CT molecular complexity index is 1010. The zero-order valence-corrected chi connectivity index (χ0v) is 18.2. The molecule has 6 nitrogen and oxygen atoms in total. The summed E-state index contributed by atoms with van der Waals surface area (Å²) in [6.07, 6.45) is 0.990. The van der Waals surface area contributed by atoms with Crippen LogP contribution in [0.4, 0.5) is 0 Å². The van der Waals surface area contributed by atoms with Crippen LogP contribution < -0.4 is 19.5 Å². The Labute approximate surface area is 178 Å². The van der Waals surface area contributed by atoms with Gasteiger partial charge in [-0.25, -0.2) is 0 Å². The van der Waals surface area contributed by atoms with Crippen LogP contribution in [0.15, 0.2) is 36.4 Å². The number of nitrogens with one attached hydrogen (secondary N) is 2. The second-order valence-electron chi connectivity index (χ2n) is 7.86. The standard InChI is InChI=1S/C24H31N3O3/c1-5-29-17-7-8-20-19(15-17)18-10-11-25-23(24(18)26-20)16-6-9-21(22(14-16)28-4)30-13-12-27(2)3/h6-9,14-15,23,25-26H,5,10-13H2,1-4H3. The normalized spacial score (nSPS) is 16.0. The van der Waals surface area contributed by atoms with Crippen molar-refractivity contribution in [1.29, 1.82) is 0 Å². The number of benzene rings is 2. The molecule has 2 aromatic carbocycles. The highest BCUT2D eigenvalue weighted by Gasteiger charge is 2.26. The number of hydrogen-bond donors (Lipinski definition) is 2. The smallest absolute Gasteiger partial charge is 0.161 e. The molecular weight excluding hydrogens is 378 g/mol. The largest absolute Gasteiger partial charge is 0.494 e. The highest BCUT2D eigenvalue weighted by Crippen LogP contribution is 2.37. The molecule has 0 amide bonds. The van der Waals surface area contributed by atoms with E-state index in [2.05, 4.69) is 39.5 Å².